The summed E-state index contributed by atoms with van der Waals surface area (Å²) in [5.41, 5.74) is 2.14. The molecule has 1 aromatic heterocycles. The molecular formula is C19H20N4O5. The number of carbonyl (C=O) groups excluding carboxylic acids is 2. The van der Waals surface area contributed by atoms with E-state index in [1.165, 1.54) is 4.90 Å². The lowest BCUT2D eigenvalue weighted by molar-refractivity contribution is -0.138. The summed E-state index contributed by atoms with van der Waals surface area (Å²) in [5, 5.41) is 25.1. The van der Waals surface area contributed by atoms with E-state index in [9.17, 15) is 19.5 Å². The number of nitrogens with one attached hydrogen (secondary N) is 1. The van der Waals surface area contributed by atoms with Crippen LogP contribution in [0, 0.1) is 6.92 Å². The van der Waals surface area contributed by atoms with Gasteiger partial charge in [0.15, 0.2) is 0 Å². The molecule has 0 bridgehead atoms. The smallest absolute Gasteiger partial charge is 0.322 e. The van der Waals surface area contributed by atoms with E-state index >= 15 is 0 Å². The number of benzene rings is 1. The van der Waals surface area contributed by atoms with Crippen molar-refractivity contribution in [1.82, 2.24) is 20.0 Å². The minimum absolute atomic E-state index is 0.118. The second-order valence-electron chi connectivity index (χ2n) is 6.38. The number of hydrogen-bond acceptors (Lipinski definition) is 5. The zero-order chi connectivity index (χ0) is 20.3. The minimum Gasteiger partial charge on any atom is -0.511 e. The summed E-state index contributed by atoms with van der Waals surface area (Å²) in [6, 6.07) is 9.55. The number of aliphatic carboxylic acids is 1. The molecule has 1 aromatic carbocycles. The number of hydrogen-bond donors (Lipinski definition) is 3. The highest BCUT2D eigenvalue weighted by Crippen LogP contribution is 2.22. The second-order valence-corrected chi connectivity index (χ2v) is 6.38. The van der Waals surface area contributed by atoms with Crippen LogP contribution < -0.4 is 5.32 Å². The number of aromatic nitrogens is 2. The molecule has 1 aliphatic rings. The quantitative estimate of drug-likeness (QED) is 0.636. The monoisotopic (exact) mass is 384 g/mol. The van der Waals surface area contributed by atoms with Crippen LogP contribution in [0.3, 0.4) is 0 Å². The Bertz CT molecular complexity index is 948. The molecular weight excluding hydrogens is 364 g/mol. The Labute approximate surface area is 160 Å². The van der Waals surface area contributed by atoms with E-state index in [-0.39, 0.29) is 25.3 Å². The molecule has 0 aliphatic carbocycles. The van der Waals surface area contributed by atoms with Crippen LogP contribution in [0.1, 0.15) is 17.7 Å². The molecule has 0 fully saturated rings. The summed E-state index contributed by atoms with van der Waals surface area (Å²) in [4.78, 5) is 36.9. The Morgan fingerprint density at radius 3 is 2.64 bits per heavy atom. The zero-order valence-electron chi connectivity index (χ0n) is 15.3. The summed E-state index contributed by atoms with van der Waals surface area (Å²) in [6.07, 6.45) is 1.78. The number of rotatable bonds is 6. The Balaban J connectivity index is 1.77. The number of aliphatic hydroxyl groups is 1. The normalized spacial score (nSPS) is 14.3. The first-order valence-corrected chi connectivity index (χ1v) is 8.68. The van der Waals surface area contributed by atoms with Gasteiger partial charge in [0.1, 0.15) is 17.9 Å². The van der Waals surface area contributed by atoms with Crippen molar-refractivity contribution >= 4 is 17.8 Å². The van der Waals surface area contributed by atoms with Gasteiger partial charge in [-0.05, 0) is 19.1 Å². The van der Waals surface area contributed by atoms with Crippen LogP contribution in [0.2, 0.25) is 0 Å². The Morgan fingerprint density at radius 2 is 1.96 bits per heavy atom. The van der Waals surface area contributed by atoms with Crippen molar-refractivity contribution < 1.29 is 24.6 Å². The van der Waals surface area contributed by atoms with E-state index < -0.39 is 29.9 Å². The molecule has 2 aromatic rings. The highest BCUT2D eigenvalue weighted by atomic mass is 16.4. The molecule has 1 aliphatic heterocycles. The predicted octanol–water partition coefficient (Wildman–Crippen LogP) is 0.926. The SMILES string of the molecule is Cc1c(CN2CCC(O)=C(C(=O)NCC(=O)O)C2=O)cnn1-c1ccccc1. The van der Waals surface area contributed by atoms with Crippen molar-refractivity contribution in [3.63, 3.8) is 0 Å². The molecule has 2 heterocycles. The van der Waals surface area contributed by atoms with Crippen molar-refractivity contribution in [2.24, 2.45) is 0 Å². The van der Waals surface area contributed by atoms with Crippen LogP contribution in [-0.2, 0) is 20.9 Å². The fourth-order valence-corrected chi connectivity index (χ4v) is 3.01. The molecule has 3 N–H and O–H groups in total. The molecule has 0 unspecified atom stereocenters. The van der Waals surface area contributed by atoms with E-state index in [1.54, 1.807) is 10.9 Å². The summed E-state index contributed by atoms with van der Waals surface area (Å²) in [5.74, 6) is -3.11. The van der Waals surface area contributed by atoms with Gasteiger partial charge in [-0.1, -0.05) is 18.2 Å². The standard InChI is InChI=1S/C19H20N4O5/c1-12-13(9-21-23(12)14-5-3-2-4-6-14)11-22-8-7-15(24)17(19(22)28)18(27)20-10-16(25)26/h2-6,9,24H,7-8,10-11H2,1H3,(H,20,27)(H,25,26). The van der Waals surface area contributed by atoms with E-state index in [0.29, 0.717) is 0 Å². The first-order valence-electron chi connectivity index (χ1n) is 8.68. The van der Waals surface area contributed by atoms with Crippen molar-refractivity contribution in [3.8, 4) is 5.69 Å². The molecule has 3 rings (SSSR count). The third-order valence-electron chi connectivity index (χ3n) is 4.51. The van der Waals surface area contributed by atoms with Crippen LogP contribution in [0.5, 0.6) is 0 Å². The van der Waals surface area contributed by atoms with Crippen molar-refractivity contribution in [1.29, 1.82) is 0 Å². The summed E-state index contributed by atoms with van der Waals surface area (Å²) < 4.78 is 1.76. The van der Waals surface area contributed by atoms with Gasteiger partial charge in [0.2, 0.25) is 0 Å². The van der Waals surface area contributed by atoms with Gasteiger partial charge in [0.25, 0.3) is 11.8 Å². The Morgan fingerprint density at radius 1 is 1.25 bits per heavy atom. The van der Waals surface area contributed by atoms with Gasteiger partial charge < -0.3 is 20.4 Å². The average molecular weight is 384 g/mol. The first kappa shape index (κ1) is 19.2. The highest BCUT2D eigenvalue weighted by Gasteiger charge is 2.32. The number of carboxylic acid groups (broad SMARTS) is 1. The van der Waals surface area contributed by atoms with Gasteiger partial charge >= 0.3 is 5.97 Å². The predicted molar refractivity (Wildman–Crippen MR) is 98.6 cm³/mol. The highest BCUT2D eigenvalue weighted by molar-refractivity contribution is 6.19. The van der Waals surface area contributed by atoms with Crippen molar-refractivity contribution in [2.45, 2.75) is 19.9 Å². The second kappa shape index (κ2) is 7.95. The number of carbonyl (C=O) groups is 3. The van der Waals surface area contributed by atoms with E-state index in [4.69, 9.17) is 5.11 Å². The summed E-state index contributed by atoms with van der Waals surface area (Å²) >= 11 is 0. The summed E-state index contributed by atoms with van der Waals surface area (Å²) in [6.45, 7) is 1.72. The maximum Gasteiger partial charge on any atom is 0.322 e. The molecule has 146 valence electrons. The van der Waals surface area contributed by atoms with E-state index in [2.05, 4.69) is 10.4 Å². The Hall–Kier alpha value is -3.62. The topological polar surface area (TPSA) is 125 Å². The molecule has 0 radical (unpaired) electrons. The number of para-hydroxylation sites is 1. The molecule has 0 saturated heterocycles. The molecule has 0 spiro atoms. The molecule has 9 nitrogen and oxygen atoms in total. The number of aliphatic hydroxyl groups excluding tert-OH is 1. The third kappa shape index (κ3) is 3.88. The third-order valence-corrected chi connectivity index (χ3v) is 4.51. The number of nitrogens with zero attached hydrogens (tertiary/aromatic N) is 3. The van der Waals surface area contributed by atoms with E-state index in [0.717, 1.165) is 16.9 Å². The maximum absolute atomic E-state index is 12.7. The van der Waals surface area contributed by atoms with Gasteiger partial charge in [-0.3, -0.25) is 14.4 Å². The molecule has 0 atom stereocenters. The fourth-order valence-electron chi connectivity index (χ4n) is 3.01. The van der Waals surface area contributed by atoms with Crippen LogP contribution >= 0.6 is 0 Å². The van der Waals surface area contributed by atoms with Gasteiger partial charge in [0.05, 0.1) is 11.9 Å². The van der Waals surface area contributed by atoms with Crippen LogP contribution in [0.25, 0.3) is 5.69 Å². The van der Waals surface area contributed by atoms with E-state index in [1.807, 2.05) is 37.3 Å². The molecule has 28 heavy (non-hydrogen) atoms. The van der Waals surface area contributed by atoms with Gasteiger partial charge in [-0.15, -0.1) is 0 Å². The lowest BCUT2D eigenvalue weighted by atomic mass is 10.0. The average Bonchev–Trinajstić information content (AvgIpc) is 3.03. The van der Waals surface area contributed by atoms with Crippen molar-refractivity contribution in [3.05, 3.63) is 59.1 Å². The zero-order valence-corrected chi connectivity index (χ0v) is 15.3. The number of carboxylic acids is 1. The lowest BCUT2D eigenvalue weighted by Crippen LogP contribution is -2.43. The van der Waals surface area contributed by atoms with Crippen LogP contribution in [0.15, 0.2) is 47.9 Å². The fraction of sp³-hybridized carbons (Fsp3) is 0.263. The largest absolute Gasteiger partial charge is 0.511 e. The van der Waals surface area contributed by atoms with Crippen molar-refractivity contribution in [2.75, 3.05) is 13.1 Å². The first-order chi connectivity index (χ1) is 13.4. The van der Waals surface area contributed by atoms with Crippen LogP contribution in [-0.4, -0.2) is 55.8 Å². The van der Waals surface area contributed by atoms with Crippen LogP contribution in [0.4, 0.5) is 0 Å². The van der Waals surface area contributed by atoms with Gasteiger partial charge in [0, 0.05) is 30.8 Å². The Kier molecular flexibility index (Phi) is 5.44. The molecule has 9 heteroatoms. The number of amides is 2. The van der Waals surface area contributed by atoms with Gasteiger partial charge in [-0.25, -0.2) is 4.68 Å². The van der Waals surface area contributed by atoms with Gasteiger partial charge in [-0.2, -0.15) is 5.10 Å². The lowest BCUT2D eigenvalue weighted by Gasteiger charge is -2.28. The molecule has 0 saturated carbocycles. The maximum atomic E-state index is 12.7. The minimum atomic E-state index is -1.24. The molecule has 2 amide bonds. The summed E-state index contributed by atoms with van der Waals surface area (Å²) in [7, 11) is 0.